The Morgan fingerprint density at radius 1 is 1.31 bits per heavy atom. The van der Waals surface area contributed by atoms with Crippen LogP contribution in [-0.4, -0.2) is 44.5 Å². The quantitative estimate of drug-likeness (QED) is 0.386. The van der Waals surface area contributed by atoms with Crippen LogP contribution in [0.15, 0.2) is 58.8 Å². The van der Waals surface area contributed by atoms with Gasteiger partial charge in [0.1, 0.15) is 17.7 Å². The van der Waals surface area contributed by atoms with Crippen molar-refractivity contribution in [3.05, 3.63) is 59.4 Å². The van der Waals surface area contributed by atoms with Gasteiger partial charge in [-0.25, -0.2) is 9.37 Å². The van der Waals surface area contributed by atoms with Crippen LogP contribution in [0, 0.1) is 5.41 Å². The molecule has 11 heteroatoms. The molecule has 0 bridgehead atoms. The second-order valence-corrected chi connectivity index (χ2v) is 10.2. The molecule has 8 nitrogen and oxygen atoms in total. The summed E-state index contributed by atoms with van der Waals surface area (Å²) in [5, 5.41) is 14.7. The van der Waals surface area contributed by atoms with Gasteiger partial charge in [-0.2, -0.15) is 5.10 Å². The summed E-state index contributed by atoms with van der Waals surface area (Å²) in [6.07, 6.45) is 9.52. The second kappa shape index (κ2) is 9.83. The Balaban J connectivity index is 1.30. The lowest BCUT2D eigenvalue weighted by molar-refractivity contribution is -0.0713. The molecule has 3 unspecified atom stereocenters. The lowest BCUT2D eigenvalue weighted by Crippen LogP contribution is -2.44. The van der Waals surface area contributed by atoms with E-state index in [1.165, 1.54) is 6.92 Å². The van der Waals surface area contributed by atoms with Crippen LogP contribution in [0.5, 0.6) is 0 Å². The van der Waals surface area contributed by atoms with Crippen LogP contribution < -0.4 is 10.7 Å². The number of allylic oxidation sites excluding steroid dienone is 2. The van der Waals surface area contributed by atoms with Crippen molar-refractivity contribution < 1.29 is 13.9 Å². The van der Waals surface area contributed by atoms with Gasteiger partial charge in [-0.05, 0) is 50.8 Å². The maximum atomic E-state index is 15.1. The van der Waals surface area contributed by atoms with E-state index in [4.69, 9.17) is 26.1 Å². The zero-order chi connectivity index (χ0) is 24.5. The molecule has 2 aromatic rings. The van der Waals surface area contributed by atoms with E-state index in [1.54, 1.807) is 24.4 Å². The average Bonchev–Trinajstić information content (AvgIpc) is 3.51. The largest absolute Gasteiger partial charge is 0.445 e. The van der Waals surface area contributed by atoms with Crippen molar-refractivity contribution in [3.8, 4) is 0 Å². The fraction of sp³-hybridized carbons (Fsp3) is 0.458. The smallest absolute Gasteiger partial charge is 0.232 e. The van der Waals surface area contributed by atoms with E-state index >= 15 is 4.39 Å². The fourth-order valence-electron chi connectivity index (χ4n) is 4.82. The normalized spacial score (nSPS) is 32.4. The molecule has 1 aliphatic heterocycles. The molecule has 35 heavy (non-hydrogen) atoms. The summed E-state index contributed by atoms with van der Waals surface area (Å²) in [5.74, 6) is 2.11. The summed E-state index contributed by atoms with van der Waals surface area (Å²) in [5.41, 5.74) is 1.20. The molecule has 3 N–H and O–H groups in total. The zero-order valence-electron chi connectivity index (χ0n) is 19.2. The highest BCUT2D eigenvalue weighted by molar-refractivity contribution is 7.80. The van der Waals surface area contributed by atoms with Crippen molar-refractivity contribution in [1.29, 1.82) is 0 Å². The third-order valence-electron chi connectivity index (χ3n) is 6.80. The summed E-state index contributed by atoms with van der Waals surface area (Å²) in [4.78, 5) is 4.80. The minimum atomic E-state index is -1.74. The molecule has 3 atom stereocenters. The van der Waals surface area contributed by atoms with Gasteiger partial charge in [0.05, 0.1) is 22.7 Å². The van der Waals surface area contributed by atoms with Crippen LogP contribution in [0.1, 0.15) is 38.3 Å². The molecule has 0 spiro atoms. The van der Waals surface area contributed by atoms with Gasteiger partial charge < -0.3 is 14.8 Å². The summed E-state index contributed by atoms with van der Waals surface area (Å²) in [6, 6.07) is 7.71. The molecule has 3 aliphatic rings. The van der Waals surface area contributed by atoms with Gasteiger partial charge in [0, 0.05) is 18.2 Å². The number of hydrazone groups is 1. The second-order valence-electron chi connectivity index (χ2n) is 9.31. The van der Waals surface area contributed by atoms with Gasteiger partial charge >= 0.3 is 0 Å². The molecule has 2 aromatic heterocycles. The number of rotatable bonds is 7. The third kappa shape index (κ3) is 5.19. The van der Waals surface area contributed by atoms with Gasteiger partial charge in [0.2, 0.25) is 11.5 Å². The number of alkyl halides is 1. The van der Waals surface area contributed by atoms with E-state index in [-0.39, 0.29) is 16.6 Å². The van der Waals surface area contributed by atoms with E-state index in [0.29, 0.717) is 12.3 Å². The van der Waals surface area contributed by atoms with Gasteiger partial charge in [-0.15, -0.1) is 17.7 Å². The summed E-state index contributed by atoms with van der Waals surface area (Å²) < 4.78 is 27.3. The highest BCUT2D eigenvalue weighted by Crippen LogP contribution is 2.44. The van der Waals surface area contributed by atoms with E-state index < -0.39 is 17.3 Å². The first-order chi connectivity index (χ1) is 16.8. The molecule has 2 aliphatic carbocycles. The lowest BCUT2D eigenvalue weighted by atomic mass is 9.70. The van der Waals surface area contributed by atoms with Crippen LogP contribution >= 0.6 is 24.2 Å². The topological polar surface area (TPSA) is 96.5 Å². The Labute approximate surface area is 213 Å². The number of thiol groups is 1. The third-order valence-corrected chi connectivity index (χ3v) is 7.52. The van der Waals surface area contributed by atoms with Crippen molar-refractivity contribution in [1.82, 2.24) is 20.6 Å². The number of nitrogens with zero attached hydrogens (tertiary/aromatic N) is 3. The monoisotopic (exact) mass is 518 g/mol. The number of halogens is 2. The van der Waals surface area contributed by atoms with Crippen molar-refractivity contribution in [2.24, 2.45) is 10.5 Å². The average molecular weight is 519 g/mol. The molecule has 0 radical (unpaired) electrons. The molecule has 0 aromatic carbocycles. The molecule has 1 fully saturated rings. The van der Waals surface area contributed by atoms with Crippen LogP contribution in [0.25, 0.3) is 0 Å². The van der Waals surface area contributed by atoms with E-state index in [1.807, 2.05) is 24.3 Å². The van der Waals surface area contributed by atoms with E-state index in [2.05, 4.69) is 38.7 Å². The Kier molecular flexibility index (Phi) is 6.78. The number of hydrogen-bond acceptors (Lipinski definition) is 8. The highest BCUT2D eigenvalue weighted by Gasteiger charge is 2.46. The first kappa shape index (κ1) is 24.1. The minimum Gasteiger partial charge on any atom is -0.445 e. The van der Waals surface area contributed by atoms with Crippen LogP contribution in [0.4, 0.5) is 16.0 Å². The molecule has 0 amide bonds. The maximum Gasteiger partial charge on any atom is 0.232 e. The van der Waals surface area contributed by atoms with Crippen molar-refractivity contribution in [2.75, 3.05) is 5.32 Å². The number of pyridine rings is 1. The minimum absolute atomic E-state index is 0.0986. The molecule has 5 rings (SSSR count). The lowest BCUT2D eigenvalue weighted by Gasteiger charge is -2.41. The Morgan fingerprint density at radius 2 is 2.14 bits per heavy atom. The number of aromatic amines is 1. The predicted molar refractivity (Wildman–Crippen MR) is 136 cm³/mol. The number of nitrogens with one attached hydrogen (secondary N) is 3. The molecule has 3 heterocycles. The predicted octanol–water partition coefficient (Wildman–Crippen LogP) is 4.97. The SMILES string of the molecule is CC1(F)C(Cl)=CC=CC1OC1CCC(Cc2cccc(Nc3ccn[nH]3)n2)(C2=NNC(S)O2)CC1. The first-order valence-electron chi connectivity index (χ1n) is 11.6. The Hall–Kier alpha value is -2.56. The van der Waals surface area contributed by atoms with Gasteiger partial charge in [-0.3, -0.25) is 10.5 Å². The fourth-order valence-corrected chi connectivity index (χ4v) is 5.16. The Bertz CT molecular complexity index is 1130. The van der Waals surface area contributed by atoms with E-state index in [0.717, 1.165) is 43.0 Å². The Morgan fingerprint density at radius 3 is 2.86 bits per heavy atom. The van der Waals surface area contributed by atoms with Gasteiger partial charge in [-0.1, -0.05) is 29.8 Å². The van der Waals surface area contributed by atoms with Crippen molar-refractivity contribution in [3.63, 3.8) is 0 Å². The molecular weight excluding hydrogens is 491 g/mol. The first-order valence-corrected chi connectivity index (χ1v) is 12.5. The van der Waals surface area contributed by atoms with Crippen LogP contribution in [0.2, 0.25) is 0 Å². The number of anilines is 2. The van der Waals surface area contributed by atoms with Crippen LogP contribution in [0.3, 0.4) is 0 Å². The highest BCUT2D eigenvalue weighted by atomic mass is 35.5. The van der Waals surface area contributed by atoms with E-state index in [9.17, 15) is 0 Å². The van der Waals surface area contributed by atoms with Crippen LogP contribution in [-0.2, 0) is 15.9 Å². The zero-order valence-corrected chi connectivity index (χ0v) is 20.9. The van der Waals surface area contributed by atoms with Crippen molar-refractivity contribution >= 4 is 41.8 Å². The summed E-state index contributed by atoms with van der Waals surface area (Å²) in [6.45, 7) is 1.46. The molecule has 1 saturated carbocycles. The summed E-state index contributed by atoms with van der Waals surface area (Å²) in [7, 11) is 0. The standard InChI is InChI=1S/C24H28ClFN6O2S/c1-23(26)17(25)5-3-6-18(23)33-16-8-11-24(12-9-16,21-31-32-22(35)34-21)14-15-4-2-7-19(28-15)29-20-10-13-27-30-20/h2-7,10,13,16,18,22,32,35H,8-9,11-12,14H2,1H3,(H2,27,28,29,30). The summed E-state index contributed by atoms with van der Waals surface area (Å²) >= 11 is 10.5. The van der Waals surface area contributed by atoms with Crippen molar-refractivity contribution in [2.45, 2.75) is 62.5 Å². The molecule has 186 valence electrons. The number of ether oxygens (including phenoxy) is 2. The number of hydrogen-bond donors (Lipinski definition) is 4. The van der Waals surface area contributed by atoms with Gasteiger partial charge in [0.25, 0.3) is 0 Å². The molecular formula is C24H28ClFN6O2S. The number of H-pyrrole nitrogens is 1. The molecule has 0 saturated heterocycles. The van der Waals surface area contributed by atoms with Gasteiger partial charge in [0.15, 0.2) is 5.67 Å². The number of aromatic nitrogens is 3. The maximum absolute atomic E-state index is 15.1.